The van der Waals surface area contributed by atoms with Crippen molar-refractivity contribution in [3.63, 3.8) is 0 Å². The Bertz CT molecular complexity index is 1300. The molecule has 0 spiro atoms. The number of methoxy groups -OCH3 is 1. The average molecular weight is 483 g/mol. The average Bonchev–Trinajstić information content (AvgIpc) is 3.29. The summed E-state index contributed by atoms with van der Waals surface area (Å²) in [4.78, 5) is 19.5. The third-order valence-corrected chi connectivity index (χ3v) is 6.63. The second-order valence-corrected chi connectivity index (χ2v) is 8.90. The number of benzene rings is 2. The lowest BCUT2D eigenvalue weighted by atomic mass is 9.89. The molecule has 3 aromatic rings. The van der Waals surface area contributed by atoms with Crippen molar-refractivity contribution in [3.05, 3.63) is 82.7 Å². The zero-order valence-electron chi connectivity index (χ0n) is 19.4. The molecule has 6 nitrogen and oxygen atoms in total. The van der Waals surface area contributed by atoms with Crippen LogP contribution >= 0.6 is 0 Å². The Morgan fingerprint density at radius 1 is 1.14 bits per heavy atom. The van der Waals surface area contributed by atoms with Crippen LogP contribution in [0.5, 0.6) is 5.75 Å². The number of fused-ring (bicyclic) bond motifs is 1. The van der Waals surface area contributed by atoms with Gasteiger partial charge < -0.3 is 19.5 Å². The summed E-state index contributed by atoms with van der Waals surface area (Å²) in [6.45, 7) is 2.82. The Balaban J connectivity index is 1.46. The number of aromatic nitrogens is 2. The first-order valence-corrected chi connectivity index (χ1v) is 11.4. The second kappa shape index (κ2) is 9.22. The molecule has 3 heterocycles. The first-order chi connectivity index (χ1) is 16.9. The van der Waals surface area contributed by atoms with Crippen LogP contribution < -0.4 is 10.1 Å². The molecule has 2 aliphatic rings. The quantitative estimate of drug-likeness (QED) is 0.445. The lowest BCUT2D eigenvalue weighted by Gasteiger charge is -2.46. The van der Waals surface area contributed by atoms with Gasteiger partial charge in [0.25, 0.3) is 5.91 Å². The van der Waals surface area contributed by atoms with E-state index in [0.717, 1.165) is 29.1 Å². The van der Waals surface area contributed by atoms with E-state index >= 15 is 0 Å². The third-order valence-electron chi connectivity index (χ3n) is 6.63. The lowest BCUT2D eigenvalue weighted by molar-refractivity contribution is -0.135. The number of rotatable bonds is 4. The van der Waals surface area contributed by atoms with Gasteiger partial charge in [-0.3, -0.25) is 4.79 Å². The number of amides is 1. The summed E-state index contributed by atoms with van der Waals surface area (Å²) >= 11 is 0. The fourth-order valence-electron chi connectivity index (χ4n) is 4.91. The molecule has 2 aromatic carbocycles. The molecule has 9 heteroatoms. The van der Waals surface area contributed by atoms with E-state index in [1.165, 1.54) is 0 Å². The number of nitrogens with one attached hydrogen (secondary N) is 1. The molecule has 2 atom stereocenters. The first kappa shape index (κ1) is 23.2. The van der Waals surface area contributed by atoms with Crippen LogP contribution in [0.2, 0.25) is 0 Å². The van der Waals surface area contributed by atoms with Crippen LogP contribution in [0.15, 0.2) is 48.4 Å². The first-order valence-electron chi connectivity index (χ1n) is 11.4. The van der Waals surface area contributed by atoms with Gasteiger partial charge in [-0.15, -0.1) is 0 Å². The van der Waals surface area contributed by atoms with Gasteiger partial charge >= 0.3 is 0 Å². The summed E-state index contributed by atoms with van der Waals surface area (Å²) in [5, 5.41) is 3.23. The zero-order valence-corrected chi connectivity index (χ0v) is 19.4. The normalized spacial score (nSPS) is 21.3. The molecule has 5 rings (SSSR count). The van der Waals surface area contributed by atoms with E-state index in [4.69, 9.17) is 4.74 Å². The summed E-state index contributed by atoms with van der Waals surface area (Å²) in [6.07, 6.45) is 6.71. The van der Waals surface area contributed by atoms with Crippen molar-refractivity contribution in [2.75, 3.05) is 20.2 Å². The highest BCUT2D eigenvalue weighted by atomic mass is 19.2. The van der Waals surface area contributed by atoms with Gasteiger partial charge in [0.1, 0.15) is 5.75 Å². The smallest absolute Gasteiger partial charge is 0.250 e. The molecular weight excluding hydrogens is 457 g/mol. The highest BCUT2D eigenvalue weighted by Crippen LogP contribution is 2.36. The van der Waals surface area contributed by atoms with Crippen LogP contribution in [0.4, 0.5) is 13.2 Å². The Kier molecular flexibility index (Phi) is 6.10. The van der Waals surface area contributed by atoms with Gasteiger partial charge in [0.15, 0.2) is 17.5 Å². The number of halogens is 3. The Morgan fingerprint density at radius 2 is 1.91 bits per heavy atom. The van der Waals surface area contributed by atoms with E-state index in [1.807, 2.05) is 42.0 Å². The van der Waals surface area contributed by atoms with Crippen molar-refractivity contribution >= 4 is 12.0 Å². The SMILES string of the molecule is COc1cc(C=C2CC[C@@H]3CNC[C@H](c4cc(F)c(F)c(F)c4)N3C2=O)ccc1-n1cnc(C)c1. The molecule has 0 radical (unpaired) electrons. The van der Waals surface area contributed by atoms with Crippen molar-refractivity contribution in [1.29, 1.82) is 0 Å². The van der Waals surface area contributed by atoms with E-state index in [-0.39, 0.29) is 17.5 Å². The summed E-state index contributed by atoms with van der Waals surface area (Å²) in [5.74, 6) is -3.59. The fourth-order valence-corrected chi connectivity index (χ4v) is 4.91. The van der Waals surface area contributed by atoms with Gasteiger partial charge in [-0.25, -0.2) is 18.2 Å². The van der Waals surface area contributed by atoms with E-state index < -0.39 is 23.5 Å². The molecule has 2 fully saturated rings. The van der Waals surface area contributed by atoms with Gasteiger partial charge in [-0.2, -0.15) is 0 Å². The molecule has 0 aliphatic carbocycles. The number of nitrogens with zero attached hydrogens (tertiary/aromatic N) is 3. The Labute approximate surface area is 201 Å². The topological polar surface area (TPSA) is 59.4 Å². The van der Waals surface area contributed by atoms with Crippen molar-refractivity contribution in [2.24, 2.45) is 0 Å². The third kappa shape index (κ3) is 4.32. The van der Waals surface area contributed by atoms with Crippen LogP contribution in [0, 0.1) is 24.4 Å². The van der Waals surface area contributed by atoms with Crippen molar-refractivity contribution in [2.45, 2.75) is 31.8 Å². The maximum Gasteiger partial charge on any atom is 0.250 e. The minimum atomic E-state index is -1.51. The molecule has 0 saturated carbocycles. The summed E-state index contributed by atoms with van der Waals surface area (Å²) < 4.78 is 48.8. The minimum Gasteiger partial charge on any atom is -0.495 e. The number of piperidine rings is 1. The molecule has 1 amide bonds. The van der Waals surface area contributed by atoms with Crippen molar-refractivity contribution in [3.8, 4) is 11.4 Å². The van der Waals surface area contributed by atoms with Crippen LogP contribution in [0.3, 0.4) is 0 Å². The van der Waals surface area contributed by atoms with Crippen molar-refractivity contribution < 1.29 is 22.7 Å². The van der Waals surface area contributed by atoms with Crippen LogP contribution in [-0.2, 0) is 4.79 Å². The second-order valence-electron chi connectivity index (χ2n) is 8.90. The largest absolute Gasteiger partial charge is 0.495 e. The van der Waals surface area contributed by atoms with E-state index in [1.54, 1.807) is 18.3 Å². The fraction of sp³-hybridized carbons (Fsp3) is 0.308. The molecule has 1 N–H and O–H groups in total. The highest BCUT2D eigenvalue weighted by Gasteiger charge is 2.39. The maximum absolute atomic E-state index is 13.9. The molecule has 182 valence electrons. The maximum atomic E-state index is 13.9. The number of ether oxygens (including phenoxy) is 1. The molecule has 35 heavy (non-hydrogen) atoms. The van der Waals surface area contributed by atoms with Gasteiger partial charge in [0.2, 0.25) is 0 Å². The minimum absolute atomic E-state index is 0.115. The van der Waals surface area contributed by atoms with Gasteiger partial charge in [0.05, 0.1) is 30.9 Å². The molecule has 0 bridgehead atoms. The number of hydrogen-bond acceptors (Lipinski definition) is 4. The molecule has 2 aliphatic heterocycles. The zero-order chi connectivity index (χ0) is 24.7. The summed E-state index contributed by atoms with van der Waals surface area (Å²) in [7, 11) is 1.59. The summed E-state index contributed by atoms with van der Waals surface area (Å²) in [5.41, 5.74) is 3.34. The van der Waals surface area contributed by atoms with Gasteiger partial charge in [-0.1, -0.05) is 6.07 Å². The molecular formula is C26H25F3N4O2. The van der Waals surface area contributed by atoms with E-state index in [9.17, 15) is 18.0 Å². The number of carbonyl (C=O) groups excluding carboxylic acids is 1. The predicted octanol–water partition coefficient (Wildman–Crippen LogP) is 4.33. The molecule has 2 saturated heterocycles. The number of imidazole rings is 1. The van der Waals surface area contributed by atoms with Crippen LogP contribution in [0.25, 0.3) is 11.8 Å². The number of piperazine rings is 1. The standard InChI is InChI=1S/C26H25F3N4O2/c1-15-13-32(14-31-15)22-6-3-16(8-24(22)35-2)7-17-4-5-19-11-30-12-23(33(19)26(17)34)18-9-20(27)25(29)21(28)10-18/h3,6-10,13-14,19,23,30H,4-5,11-12H2,1-2H3/t19-,23-/m1/s1. The Morgan fingerprint density at radius 3 is 2.60 bits per heavy atom. The van der Waals surface area contributed by atoms with E-state index in [0.29, 0.717) is 37.3 Å². The van der Waals surface area contributed by atoms with Crippen LogP contribution in [0.1, 0.15) is 35.7 Å². The molecule has 1 aromatic heterocycles. The number of aryl methyl sites for hydroxylation is 1. The van der Waals surface area contributed by atoms with Gasteiger partial charge in [0, 0.05) is 30.9 Å². The number of hydrogen-bond donors (Lipinski definition) is 1. The monoisotopic (exact) mass is 482 g/mol. The van der Waals surface area contributed by atoms with Crippen molar-refractivity contribution in [1.82, 2.24) is 19.8 Å². The Hall–Kier alpha value is -3.59. The highest BCUT2D eigenvalue weighted by molar-refractivity contribution is 5.99. The van der Waals surface area contributed by atoms with E-state index in [2.05, 4.69) is 10.3 Å². The number of carbonyl (C=O) groups is 1. The lowest BCUT2D eigenvalue weighted by Crippen LogP contribution is -2.57. The predicted molar refractivity (Wildman–Crippen MR) is 125 cm³/mol. The van der Waals surface area contributed by atoms with Crippen LogP contribution in [-0.4, -0.2) is 46.6 Å². The van der Waals surface area contributed by atoms with Gasteiger partial charge in [-0.05, 0) is 61.2 Å². The molecule has 0 unspecified atom stereocenters. The summed E-state index contributed by atoms with van der Waals surface area (Å²) in [6, 6.07) is 6.89.